The summed E-state index contributed by atoms with van der Waals surface area (Å²) in [5.41, 5.74) is 0.742. The van der Waals surface area contributed by atoms with Crippen molar-refractivity contribution in [1.29, 1.82) is 0 Å². The molecule has 6 atom stereocenters. The molecule has 2 aromatic heterocycles. The number of rotatable bonds is 7. The Morgan fingerprint density at radius 1 is 1.12 bits per heavy atom. The molecule has 33 heavy (non-hydrogen) atoms. The molecular weight excluding hydrogens is 474 g/mol. The Hall–Kier alpha value is -2.03. The number of halogens is 1. The SMILES string of the molecule is CC1CC(S(=O)(=O)NC2COC3C(Nc4nc(Nc5cnn(C)c5)ncc4Cl)COC23)CO1. The fourth-order valence-corrected chi connectivity index (χ4v) is 6.09. The molecule has 3 N–H and O–H groups in total. The fourth-order valence-electron chi connectivity index (χ4n) is 4.34. The Balaban J connectivity index is 1.23. The van der Waals surface area contributed by atoms with E-state index in [1.54, 1.807) is 17.1 Å². The van der Waals surface area contributed by atoms with E-state index in [9.17, 15) is 8.42 Å². The molecule has 5 heterocycles. The van der Waals surface area contributed by atoms with E-state index in [-0.39, 0.29) is 31.5 Å². The minimum Gasteiger partial charge on any atom is -0.377 e. The van der Waals surface area contributed by atoms with Crippen molar-refractivity contribution in [3.05, 3.63) is 23.6 Å². The number of sulfonamides is 1. The van der Waals surface area contributed by atoms with Gasteiger partial charge >= 0.3 is 0 Å². The molecular formula is C19H26ClN7O5S. The van der Waals surface area contributed by atoms with Crippen molar-refractivity contribution in [2.75, 3.05) is 30.5 Å². The normalized spacial score (nSPS) is 31.6. The van der Waals surface area contributed by atoms with E-state index in [4.69, 9.17) is 25.8 Å². The summed E-state index contributed by atoms with van der Waals surface area (Å²) in [6.45, 7) is 2.62. The maximum atomic E-state index is 12.8. The summed E-state index contributed by atoms with van der Waals surface area (Å²) in [7, 11) is -1.73. The second kappa shape index (κ2) is 8.96. The summed E-state index contributed by atoms with van der Waals surface area (Å²) in [4.78, 5) is 8.65. The van der Waals surface area contributed by atoms with Gasteiger partial charge in [0.25, 0.3) is 0 Å². The van der Waals surface area contributed by atoms with Crippen LogP contribution < -0.4 is 15.4 Å². The summed E-state index contributed by atoms with van der Waals surface area (Å²) in [6, 6.07) is -0.718. The molecule has 3 aliphatic rings. The molecule has 2 aromatic rings. The Morgan fingerprint density at radius 2 is 1.88 bits per heavy atom. The molecule has 0 aliphatic carbocycles. The third-order valence-electron chi connectivity index (χ3n) is 6.00. The molecule has 0 radical (unpaired) electrons. The average Bonchev–Trinajstić information content (AvgIpc) is 3.53. The van der Waals surface area contributed by atoms with Gasteiger partial charge in [0.2, 0.25) is 16.0 Å². The minimum absolute atomic E-state index is 0.0643. The first kappa shape index (κ1) is 22.7. The van der Waals surface area contributed by atoms with E-state index >= 15 is 0 Å². The number of anilines is 3. The highest BCUT2D eigenvalue weighted by molar-refractivity contribution is 7.90. The predicted molar refractivity (Wildman–Crippen MR) is 120 cm³/mol. The lowest BCUT2D eigenvalue weighted by atomic mass is 10.1. The number of aromatic nitrogens is 4. The molecule has 14 heteroatoms. The van der Waals surface area contributed by atoms with Crippen LogP contribution in [0.2, 0.25) is 5.02 Å². The lowest BCUT2D eigenvalue weighted by molar-refractivity contribution is 0.0690. The zero-order valence-electron chi connectivity index (χ0n) is 18.1. The summed E-state index contributed by atoms with van der Waals surface area (Å²) in [5.74, 6) is 0.786. The van der Waals surface area contributed by atoms with Crippen molar-refractivity contribution < 1.29 is 22.6 Å². The average molecular weight is 500 g/mol. The Bertz CT molecular complexity index is 1120. The highest BCUT2D eigenvalue weighted by Crippen LogP contribution is 2.32. The number of fused-ring (bicyclic) bond motifs is 1. The van der Waals surface area contributed by atoms with Gasteiger partial charge in [-0.3, -0.25) is 4.68 Å². The lowest BCUT2D eigenvalue weighted by Gasteiger charge is -2.20. The molecule has 12 nitrogen and oxygen atoms in total. The zero-order chi connectivity index (χ0) is 23.2. The van der Waals surface area contributed by atoms with E-state index in [0.717, 1.165) is 5.69 Å². The highest BCUT2D eigenvalue weighted by Gasteiger charge is 2.50. The smallest absolute Gasteiger partial charge is 0.229 e. The van der Waals surface area contributed by atoms with Crippen molar-refractivity contribution >= 4 is 39.1 Å². The van der Waals surface area contributed by atoms with E-state index in [1.165, 1.54) is 6.20 Å². The van der Waals surface area contributed by atoms with Crippen LogP contribution in [0, 0.1) is 0 Å². The second-order valence-electron chi connectivity index (χ2n) is 8.54. The quantitative estimate of drug-likeness (QED) is 0.497. The van der Waals surface area contributed by atoms with Crippen molar-refractivity contribution in [3.63, 3.8) is 0 Å². The van der Waals surface area contributed by atoms with Gasteiger partial charge in [0.1, 0.15) is 22.5 Å². The zero-order valence-corrected chi connectivity index (χ0v) is 19.7. The van der Waals surface area contributed by atoms with Gasteiger partial charge in [0.05, 0.1) is 56.1 Å². The number of aryl methyl sites for hydroxylation is 1. The van der Waals surface area contributed by atoms with E-state index in [0.29, 0.717) is 29.8 Å². The maximum absolute atomic E-state index is 12.8. The van der Waals surface area contributed by atoms with Gasteiger partial charge in [0, 0.05) is 13.2 Å². The van der Waals surface area contributed by atoms with E-state index in [2.05, 4.69) is 30.4 Å². The largest absolute Gasteiger partial charge is 0.377 e. The molecule has 0 amide bonds. The van der Waals surface area contributed by atoms with Crippen LogP contribution in [0.5, 0.6) is 0 Å². The van der Waals surface area contributed by atoms with Crippen LogP contribution in [0.3, 0.4) is 0 Å². The highest BCUT2D eigenvalue weighted by atomic mass is 35.5. The first-order valence-electron chi connectivity index (χ1n) is 10.7. The molecule has 3 fully saturated rings. The molecule has 3 saturated heterocycles. The summed E-state index contributed by atoms with van der Waals surface area (Å²) < 4.78 is 47.2. The van der Waals surface area contributed by atoms with Crippen molar-refractivity contribution in [1.82, 2.24) is 24.5 Å². The van der Waals surface area contributed by atoms with Crippen LogP contribution in [0.4, 0.5) is 17.5 Å². The van der Waals surface area contributed by atoms with Gasteiger partial charge < -0.3 is 24.8 Å². The molecule has 180 valence electrons. The van der Waals surface area contributed by atoms with Crippen LogP contribution in [0.25, 0.3) is 0 Å². The molecule has 5 rings (SSSR count). The van der Waals surface area contributed by atoms with Crippen molar-refractivity contribution in [3.8, 4) is 0 Å². The summed E-state index contributed by atoms with van der Waals surface area (Å²) >= 11 is 6.31. The predicted octanol–water partition coefficient (Wildman–Crippen LogP) is 0.651. The first-order chi connectivity index (χ1) is 15.8. The third kappa shape index (κ3) is 4.79. The number of nitrogens with zero attached hydrogens (tertiary/aromatic N) is 4. The van der Waals surface area contributed by atoms with Gasteiger partial charge in [-0.15, -0.1) is 0 Å². The molecule has 3 aliphatic heterocycles. The summed E-state index contributed by atoms with van der Waals surface area (Å²) in [5, 5.41) is 10.2. The van der Waals surface area contributed by atoms with Crippen LogP contribution >= 0.6 is 11.6 Å². The number of hydrogen-bond donors (Lipinski definition) is 3. The fraction of sp³-hybridized carbons (Fsp3) is 0.632. The maximum Gasteiger partial charge on any atom is 0.229 e. The minimum atomic E-state index is -3.54. The van der Waals surface area contributed by atoms with Crippen molar-refractivity contribution in [2.24, 2.45) is 7.05 Å². The number of hydrogen-bond acceptors (Lipinski definition) is 10. The standard InChI is InChI=1S/C19H26ClN7O5S/c1-10-3-12(7-30-10)33(28,29)26-15-9-32-16-14(8-31-17(15)16)24-18-13(20)5-21-19(25-18)23-11-4-22-27(2)6-11/h4-6,10,12,14-17,26H,3,7-9H2,1-2H3,(H2,21,23,24,25). The monoisotopic (exact) mass is 499 g/mol. The number of nitrogens with one attached hydrogen (secondary N) is 3. The third-order valence-corrected chi connectivity index (χ3v) is 8.11. The van der Waals surface area contributed by atoms with Gasteiger partial charge in [-0.05, 0) is 13.3 Å². The summed E-state index contributed by atoms with van der Waals surface area (Å²) in [6.07, 6.45) is 4.61. The van der Waals surface area contributed by atoms with Crippen LogP contribution in [0.15, 0.2) is 18.6 Å². The molecule has 0 saturated carbocycles. The van der Waals surface area contributed by atoms with Crippen LogP contribution in [0.1, 0.15) is 13.3 Å². The van der Waals surface area contributed by atoms with Gasteiger partial charge in [-0.25, -0.2) is 18.1 Å². The van der Waals surface area contributed by atoms with Gasteiger partial charge in [-0.1, -0.05) is 11.6 Å². The lowest BCUT2D eigenvalue weighted by Crippen LogP contribution is -2.48. The van der Waals surface area contributed by atoms with Crippen LogP contribution in [-0.2, 0) is 31.3 Å². The topological polar surface area (TPSA) is 142 Å². The Kier molecular flexibility index (Phi) is 6.18. The van der Waals surface area contributed by atoms with E-state index < -0.39 is 27.4 Å². The first-order valence-corrected chi connectivity index (χ1v) is 12.6. The van der Waals surface area contributed by atoms with Crippen LogP contribution in [-0.4, -0.2) is 83.6 Å². The second-order valence-corrected chi connectivity index (χ2v) is 10.9. The van der Waals surface area contributed by atoms with E-state index in [1.807, 2.05) is 14.0 Å². The Morgan fingerprint density at radius 3 is 2.58 bits per heavy atom. The molecule has 0 aromatic carbocycles. The van der Waals surface area contributed by atoms with Gasteiger partial charge in [-0.2, -0.15) is 10.1 Å². The van der Waals surface area contributed by atoms with Crippen molar-refractivity contribution in [2.45, 2.75) is 49.0 Å². The Labute approximate surface area is 196 Å². The number of ether oxygens (including phenoxy) is 3. The molecule has 0 bridgehead atoms. The van der Waals surface area contributed by atoms with Gasteiger partial charge in [0.15, 0.2) is 5.82 Å². The molecule has 0 spiro atoms. The molecule has 6 unspecified atom stereocenters.